The first-order valence-corrected chi connectivity index (χ1v) is 7.30. The molecule has 5 nitrogen and oxygen atoms in total. The molecule has 122 valence electrons. The molecule has 1 aromatic heterocycles. The fraction of sp³-hybridized carbons (Fsp3) is 0.111. The molecule has 0 atom stereocenters. The van der Waals surface area contributed by atoms with Gasteiger partial charge in [-0.25, -0.2) is 9.18 Å². The SMILES string of the molecule is COC(=O)c1ccc(NC(=O)Cc2c[nH]c3cc(F)ccc23)cc1. The van der Waals surface area contributed by atoms with Crippen molar-refractivity contribution in [3.63, 3.8) is 0 Å². The monoisotopic (exact) mass is 326 g/mol. The molecule has 3 rings (SSSR count). The predicted molar refractivity (Wildman–Crippen MR) is 88.4 cm³/mol. The van der Waals surface area contributed by atoms with Crippen LogP contribution in [0.2, 0.25) is 0 Å². The molecule has 0 aliphatic rings. The Kier molecular flexibility index (Phi) is 4.29. The molecule has 6 heteroatoms. The Morgan fingerprint density at radius 3 is 2.62 bits per heavy atom. The van der Waals surface area contributed by atoms with E-state index < -0.39 is 5.97 Å². The number of ether oxygens (including phenoxy) is 1. The van der Waals surface area contributed by atoms with Crippen LogP contribution < -0.4 is 5.32 Å². The van der Waals surface area contributed by atoms with Gasteiger partial charge in [-0.1, -0.05) is 0 Å². The highest BCUT2D eigenvalue weighted by atomic mass is 19.1. The number of aromatic amines is 1. The average molecular weight is 326 g/mol. The first-order valence-electron chi connectivity index (χ1n) is 7.30. The van der Waals surface area contributed by atoms with Crippen LogP contribution in [-0.4, -0.2) is 24.0 Å². The molecule has 0 radical (unpaired) electrons. The van der Waals surface area contributed by atoms with Gasteiger partial charge in [0, 0.05) is 22.8 Å². The standard InChI is InChI=1S/C18H15FN2O3/c1-24-18(23)11-2-5-14(6-3-11)21-17(22)8-12-10-20-16-9-13(19)4-7-15(12)16/h2-7,9-10,20H,8H2,1H3,(H,21,22). The molecular formula is C18H15FN2O3. The average Bonchev–Trinajstić information content (AvgIpc) is 2.96. The minimum atomic E-state index is -0.432. The van der Waals surface area contributed by atoms with Crippen molar-refractivity contribution >= 4 is 28.5 Å². The highest BCUT2D eigenvalue weighted by Crippen LogP contribution is 2.20. The zero-order chi connectivity index (χ0) is 17.1. The van der Waals surface area contributed by atoms with E-state index in [0.29, 0.717) is 16.8 Å². The smallest absolute Gasteiger partial charge is 0.337 e. The third-order valence-corrected chi connectivity index (χ3v) is 3.67. The maximum Gasteiger partial charge on any atom is 0.337 e. The predicted octanol–water partition coefficient (Wildman–Crippen LogP) is 3.27. The molecule has 0 fully saturated rings. The van der Waals surface area contributed by atoms with E-state index in [0.717, 1.165) is 10.9 Å². The lowest BCUT2D eigenvalue weighted by atomic mass is 10.1. The van der Waals surface area contributed by atoms with Crippen LogP contribution in [0.4, 0.5) is 10.1 Å². The number of benzene rings is 2. The molecule has 0 unspecified atom stereocenters. The quantitative estimate of drug-likeness (QED) is 0.723. The second kappa shape index (κ2) is 6.54. The number of hydrogen-bond acceptors (Lipinski definition) is 3. The fourth-order valence-corrected chi connectivity index (χ4v) is 2.49. The molecule has 0 saturated heterocycles. The third-order valence-electron chi connectivity index (χ3n) is 3.67. The summed E-state index contributed by atoms with van der Waals surface area (Å²) in [6, 6.07) is 10.8. The van der Waals surface area contributed by atoms with E-state index in [4.69, 9.17) is 0 Å². The minimum Gasteiger partial charge on any atom is -0.465 e. The zero-order valence-electron chi connectivity index (χ0n) is 12.9. The summed E-state index contributed by atoms with van der Waals surface area (Å²) in [5.41, 5.74) is 2.43. The summed E-state index contributed by atoms with van der Waals surface area (Å²) in [6.07, 6.45) is 1.86. The summed E-state index contributed by atoms with van der Waals surface area (Å²) in [6.45, 7) is 0. The number of fused-ring (bicyclic) bond motifs is 1. The number of halogens is 1. The van der Waals surface area contributed by atoms with Crippen LogP contribution in [0.15, 0.2) is 48.7 Å². The van der Waals surface area contributed by atoms with Gasteiger partial charge in [0.15, 0.2) is 0 Å². The summed E-state index contributed by atoms with van der Waals surface area (Å²) in [4.78, 5) is 26.5. The van der Waals surface area contributed by atoms with Crippen LogP contribution in [-0.2, 0) is 16.0 Å². The van der Waals surface area contributed by atoms with E-state index in [-0.39, 0.29) is 18.1 Å². The lowest BCUT2D eigenvalue weighted by Crippen LogP contribution is -2.14. The Balaban J connectivity index is 1.69. The number of carbonyl (C=O) groups is 2. The molecule has 2 aromatic carbocycles. The third kappa shape index (κ3) is 3.27. The second-order valence-electron chi connectivity index (χ2n) is 5.30. The van der Waals surface area contributed by atoms with Gasteiger partial charge in [-0.2, -0.15) is 0 Å². The molecule has 0 spiro atoms. The van der Waals surface area contributed by atoms with Gasteiger partial charge < -0.3 is 15.0 Å². The number of anilines is 1. The summed E-state index contributed by atoms with van der Waals surface area (Å²) in [7, 11) is 1.31. The molecule has 0 bridgehead atoms. The maximum absolute atomic E-state index is 13.2. The maximum atomic E-state index is 13.2. The van der Waals surface area contributed by atoms with Crippen molar-refractivity contribution < 1.29 is 18.7 Å². The van der Waals surface area contributed by atoms with Crippen molar-refractivity contribution in [3.8, 4) is 0 Å². The number of hydrogen-bond donors (Lipinski definition) is 2. The molecule has 24 heavy (non-hydrogen) atoms. The van der Waals surface area contributed by atoms with E-state index in [2.05, 4.69) is 15.0 Å². The van der Waals surface area contributed by atoms with Gasteiger partial charge in [-0.15, -0.1) is 0 Å². The number of esters is 1. The Bertz CT molecular complexity index is 900. The Hall–Kier alpha value is -3.15. The largest absolute Gasteiger partial charge is 0.465 e. The summed E-state index contributed by atoms with van der Waals surface area (Å²) < 4.78 is 17.8. The van der Waals surface area contributed by atoms with Crippen molar-refractivity contribution in [3.05, 3.63) is 65.6 Å². The number of H-pyrrole nitrogens is 1. The van der Waals surface area contributed by atoms with Crippen LogP contribution >= 0.6 is 0 Å². The molecule has 2 N–H and O–H groups in total. The van der Waals surface area contributed by atoms with Crippen LogP contribution in [0.1, 0.15) is 15.9 Å². The lowest BCUT2D eigenvalue weighted by Gasteiger charge is -2.06. The van der Waals surface area contributed by atoms with E-state index in [1.807, 2.05) is 0 Å². The second-order valence-corrected chi connectivity index (χ2v) is 5.30. The Morgan fingerprint density at radius 2 is 1.92 bits per heavy atom. The number of aromatic nitrogens is 1. The van der Waals surface area contributed by atoms with Gasteiger partial charge in [0.05, 0.1) is 19.1 Å². The molecule has 0 aliphatic heterocycles. The van der Waals surface area contributed by atoms with Crippen molar-refractivity contribution in [2.75, 3.05) is 12.4 Å². The summed E-state index contributed by atoms with van der Waals surface area (Å²) in [5.74, 6) is -0.962. The van der Waals surface area contributed by atoms with Crippen LogP contribution in [0.25, 0.3) is 10.9 Å². The fourth-order valence-electron chi connectivity index (χ4n) is 2.49. The summed E-state index contributed by atoms with van der Waals surface area (Å²) >= 11 is 0. The number of amides is 1. The van der Waals surface area contributed by atoms with Crippen LogP contribution in [0.3, 0.4) is 0 Å². The van der Waals surface area contributed by atoms with Crippen LogP contribution in [0.5, 0.6) is 0 Å². The van der Waals surface area contributed by atoms with E-state index in [1.165, 1.54) is 19.2 Å². The molecule has 0 aliphatic carbocycles. The van der Waals surface area contributed by atoms with Crippen molar-refractivity contribution in [2.24, 2.45) is 0 Å². The van der Waals surface area contributed by atoms with E-state index in [1.54, 1.807) is 36.5 Å². The van der Waals surface area contributed by atoms with Crippen molar-refractivity contribution in [2.45, 2.75) is 6.42 Å². The van der Waals surface area contributed by atoms with Gasteiger partial charge in [0.25, 0.3) is 0 Å². The Labute approximate surface area is 137 Å². The van der Waals surface area contributed by atoms with Crippen molar-refractivity contribution in [1.82, 2.24) is 4.98 Å². The van der Waals surface area contributed by atoms with E-state index in [9.17, 15) is 14.0 Å². The first-order chi connectivity index (χ1) is 11.6. The zero-order valence-corrected chi connectivity index (χ0v) is 12.9. The van der Waals surface area contributed by atoms with Gasteiger partial charge >= 0.3 is 5.97 Å². The van der Waals surface area contributed by atoms with Gasteiger partial charge in [0.1, 0.15) is 5.82 Å². The molecule has 1 amide bonds. The molecule has 0 saturated carbocycles. The van der Waals surface area contributed by atoms with Gasteiger partial charge in [-0.3, -0.25) is 4.79 Å². The lowest BCUT2D eigenvalue weighted by molar-refractivity contribution is -0.115. The van der Waals surface area contributed by atoms with Crippen LogP contribution in [0, 0.1) is 5.82 Å². The number of rotatable bonds is 4. The number of nitrogens with one attached hydrogen (secondary N) is 2. The minimum absolute atomic E-state index is 0.157. The molecule has 1 heterocycles. The first kappa shape index (κ1) is 15.7. The van der Waals surface area contributed by atoms with Crippen molar-refractivity contribution in [1.29, 1.82) is 0 Å². The highest BCUT2D eigenvalue weighted by molar-refractivity contribution is 5.96. The highest BCUT2D eigenvalue weighted by Gasteiger charge is 2.10. The molecular weight excluding hydrogens is 311 g/mol. The Morgan fingerprint density at radius 1 is 1.17 bits per heavy atom. The topological polar surface area (TPSA) is 71.2 Å². The number of methoxy groups -OCH3 is 1. The molecule has 3 aromatic rings. The number of carbonyl (C=O) groups excluding carboxylic acids is 2. The normalized spacial score (nSPS) is 10.6. The summed E-state index contributed by atoms with van der Waals surface area (Å²) in [5, 5.41) is 3.57. The van der Waals surface area contributed by atoms with E-state index >= 15 is 0 Å². The van der Waals surface area contributed by atoms with Gasteiger partial charge in [0.2, 0.25) is 5.91 Å². The van der Waals surface area contributed by atoms with Gasteiger partial charge in [-0.05, 0) is 48.0 Å².